The molecule has 7 rings (SSSR count). The Morgan fingerprint density at radius 2 is 1.72 bits per heavy atom. The van der Waals surface area contributed by atoms with E-state index in [0.717, 1.165) is 59.8 Å². The maximum Gasteiger partial charge on any atom is 0.229 e. The van der Waals surface area contributed by atoms with Crippen LogP contribution in [-0.2, 0) is 5.41 Å². The van der Waals surface area contributed by atoms with Gasteiger partial charge in [0.2, 0.25) is 5.72 Å². The lowest BCUT2D eigenvalue weighted by Crippen LogP contribution is -2.63. The predicted octanol–water partition coefficient (Wildman–Crippen LogP) is 9.93. The van der Waals surface area contributed by atoms with Gasteiger partial charge in [0.25, 0.3) is 0 Å². The number of aliphatic imine (C=N–C) groups is 1. The van der Waals surface area contributed by atoms with Gasteiger partial charge in [0, 0.05) is 35.2 Å². The number of nitrogens with zero attached hydrogens (tertiary/aromatic N) is 3. The minimum Gasteiger partial charge on any atom is -0.492 e. The second-order valence-corrected chi connectivity index (χ2v) is 12.9. The fraction of sp³-hybridized carbons (Fsp3) is 0.293. The summed E-state index contributed by atoms with van der Waals surface area (Å²) in [6, 6.07) is 31.9. The lowest BCUT2D eigenvalue weighted by molar-refractivity contribution is 0.0755. The highest BCUT2D eigenvalue weighted by atomic mass is 16.5. The average molecular weight is 610 g/mol. The first-order valence-corrected chi connectivity index (χ1v) is 16.6. The Balaban J connectivity index is 1.35. The molecule has 0 N–H and O–H groups in total. The molecule has 5 nitrogen and oxygen atoms in total. The second-order valence-electron chi connectivity index (χ2n) is 12.9. The largest absolute Gasteiger partial charge is 0.492 e. The highest BCUT2D eigenvalue weighted by molar-refractivity contribution is 6.07. The monoisotopic (exact) mass is 609 g/mol. The van der Waals surface area contributed by atoms with Crippen molar-refractivity contribution >= 4 is 50.9 Å². The molecule has 0 amide bonds. The minimum absolute atomic E-state index is 0.431. The van der Waals surface area contributed by atoms with Gasteiger partial charge in [-0.1, -0.05) is 74.5 Å². The number of fused-ring (bicyclic) bond motifs is 6. The highest BCUT2D eigenvalue weighted by Gasteiger charge is 2.60. The standard InChI is InChI=1S/C41H43N3O2/c1-6-9-23-43(8-3)36-27-29(7-2)26-34-33(36)20-22-37-39(34)42-28-41(46-37)40(4,5)38-32-18-14-13-15-30(32)19-21-35(38)44(41)24-25-45-31-16-11-10-12-17-31/h7,10-22,26-28H,2,6,8-9,23-25H2,1,3-5H3. The maximum absolute atomic E-state index is 7.30. The van der Waals surface area contributed by atoms with E-state index in [0.29, 0.717) is 13.2 Å². The molecule has 234 valence electrons. The molecular formula is C41H43N3O2. The van der Waals surface area contributed by atoms with Crippen LogP contribution in [0.25, 0.3) is 27.6 Å². The topological polar surface area (TPSA) is 37.3 Å². The van der Waals surface area contributed by atoms with E-state index in [2.05, 4.69) is 111 Å². The summed E-state index contributed by atoms with van der Waals surface area (Å²) < 4.78 is 13.5. The molecule has 0 bridgehead atoms. The zero-order valence-corrected chi connectivity index (χ0v) is 27.4. The van der Waals surface area contributed by atoms with Crippen molar-refractivity contribution in [1.82, 2.24) is 0 Å². The average Bonchev–Trinajstić information content (AvgIpc) is 3.26. The number of hydrogen-bond donors (Lipinski definition) is 0. The Morgan fingerprint density at radius 1 is 0.913 bits per heavy atom. The molecule has 0 saturated carbocycles. The van der Waals surface area contributed by atoms with Gasteiger partial charge in [0.05, 0.1) is 18.2 Å². The van der Waals surface area contributed by atoms with Gasteiger partial charge in [-0.15, -0.1) is 0 Å². The van der Waals surface area contributed by atoms with Crippen LogP contribution < -0.4 is 19.3 Å². The van der Waals surface area contributed by atoms with E-state index in [-0.39, 0.29) is 0 Å². The van der Waals surface area contributed by atoms with E-state index < -0.39 is 11.1 Å². The molecule has 46 heavy (non-hydrogen) atoms. The summed E-state index contributed by atoms with van der Waals surface area (Å²) >= 11 is 0. The third-order valence-corrected chi connectivity index (χ3v) is 9.89. The van der Waals surface area contributed by atoms with E-state index in [1.165, 1.54) is 27.4 Å². The second kappa shape index (κ2) is 11.9. The van der Waals surface area contributed by atoms with Gasteiger partial charge in [0.15, 0.2) is 0 Å². The number of ether oxygens (including phenoxy) is 2. The molecule has 0 fully saturated rings. The summed E-state index contributed by atoms with van der Waals surface area (Å²) in [5, 5.41) is 4.74. The fourth-order valence-corrected chi connectivity index (χ4v) is 7.45. The van der Waals surface area contributed by atoms with Crippen molar-refractivity contribution in [2.24, 2.45) is 4.99 Å². The number of benzene rings is 5. The van der Waals surface area contributed by atoms with Crippen molar-refractivity contribution in [1.29, 1.82) is 0 Å². The molecule has 2 aliphatic rings. The van der Waals surface area contributed by atoms with Gasteiger partial charge in [-0.25, -0.2) is 0 Å². The van der Waals surface area contributed by atoms with Crippen molar-refractivity contribution in [3.05, 3.63) is 109 Å². The Bertz CT molecular complexity index is 1950. The SMILES string of the molecule is C=Cc1cc(N(CC)CCCC)c2ccc3c(c2c1)N=CC1(O3)N(CCOc2ccccc2)c2ccc3ccccc3c2C1(C)C. The van der Waals surface area contributed by atoms with Gasteiger partial charge >= 0.3 is 0 Å². The normalized spacial score (nSPS) is 17.6. The molecule has 0 aliphatic carbocycles. The zero-order chi connectivity index (χ0) is 31.9. The lowest BCUT2D eigenvalue weighted by atomic mass is 9.75. The van der Waals surface area contributed by atoms with Crippen LogP contribution in [0.4, 0.5) is 17.1 Å². The number of rotatable bonds is 10. The number of para-hydroxylation sites is 1. The zero-order valence-electron chi connectivity index (χ0n) is 27.4. The van der Waals surface area contributed by atoms with Gasteiger partial charge < -0.3 is 19.3 Å². The quantitative estimate of drug-likeness (QED) is 0.158. The molecule has 5 heteroatoms. The van der Waals surface area contributed by atoms with E-state index in [9.17, 15) is 0 Å². The van der Waals surface area contributed by atoms with E-state index in [1.807, 2.05) is 36.4 Å². The molecule has 0 radical (unpaired) electrons. The van der Waals surface area contributed by atoms with Crippen molar-refractivity contribution < 1.29 is 9.47 Å². The van der Waals surface area contributed by atoms with Crippen LogP contribution in [0.15, 0.2) is 103 Å². The Morgan fingerprint density at radius 3 is 2.50 bits per heavy atom. The number of anilines is 2. The summed E-state index contributed by atoms with van der Waals surface area (Å²) in [6.07, 6.45) is 6.30. The Hall–Kier alpha value is -4.77. The molecule has 5 aromatic carbocycles. The van der Waals surface area contributed by atoms with Crippen molar-refractivity contribution in [2.45, 2.75) is 51.7 Å². The first-order valence-electron chi connectivity index (χ1n) is 16.6. The Labute approximate surface area is 272 Å². The lowest BCUT2D eigenvalue weighted by Gasteiger charge is -2.46. The van der Waals surface area contributed by atoms with E-state index >= 15 is 0 Å². The van der Waals surface area contributed by atoms with Crippen LogP contribution in [0.1, 0.15) is 51.7 Å². The van der Waals surface area contributed by atoms with Crippen LogP contribution in [-0.4, -0.2) is 38.2 Å². The molecule has 0 aromatic heterocycles. The third-order valence-electron chi connectivity index (χ3n) is 9.89. The van der Waals surface area contributed by atoms with Crippen LogP contribution in [0.2, 0.25) is 0 Å². The molecule has 2 aliphatic heterocycles. The number of unbranched alkanes of at least 4 members (excludes halogenated alkanes) is 1. The summed E-state index contributed by atoms with van der Waals surface area (Å²) in [7, 11) is 0. The Kier molecular flexibility index (Phi) is 7.72. The van der Waals surface area contributed by atoms with Crippen LogP contribution in [0, 0.1) is 0 Å². The van der Waals surface area contributed by atoms with Gasteiger partial charge in [-0.2, -0.15) is 0 Å². The molecule has 2 heterocycles. The molecule has 1 spiro atoms. The molecule has 1 atom stereocenters. The fourth-order valence-electron chi connectivity index (χ4n) is 7.45. The minimum atomic E-state index is -0.852. The van der Waals surface area contributed by atoms with Crippen molar-refractivity contribution in [3.8, 4) is 11.5 Å². The van der Waals surface area contributed by atoms with E-state index in [1.54, 1.807) is 0 Å². The molecule has 0 saturated heterocycles. The summed E-state index contributed by atoms with van der Waals surface area (Å²) in [5.41, 5.74) is 4.32. The van der Waals surface area contributed by atoms with Crippen molar-refractivity contribution in [3.63, 3.8) is 0 Å². The smallest absolute Gasteiger partial charge is 0.229 e. The number of hydrogen-bond acceptors (Lipinski definition) is 5. The maximum atomic E-state index is 7.30. The third kappa shape index (κ3) is 4.72. The first kappa shape index (κ1) is 29.9. The van der Waals surface area contributed by atoms with Gasteiger partial charge in [-0.3, -0.25) is 4.99 Å². The van der Waals surface area contributed by atoms with Crippen LogP contribution in [0.3, 0.4) is 0 Å². The van der Waals surface area contributed by atoms with Crippen LogP contribution >= 0.6 is 0 Å². The predicted molar refractivity (Wildman–Crippen MR) is 195 cm³/mol. The molecule has 1 unspecified atom stereocenters. The van der Waals surface area contributed by atoms with Crippen LogP contribution in [0.5, 0.6) is 11.5 Å². The van der Waals surface area contributed by atoms with E-state index in [4.69, 9.17) is 14.5 Å². The summed E-state index contributed by atoms with van der Waals surface area (Å²) in [6.45, 7) is 16.3. The van der Waals surface area contributed by atoms with Gasteiger partial charge in [0.1, 0.15) is 23.8 Å². The molecule has 5 aromatic rings. The summed E-state index contributed by atoms with van der Waals surface area (Å²) in [5.74, 6) is 1.65. The first-order chi connectivity index (χ1) is 22.4. The summed E-state index contributed by atoms with van der Waals surface area (Å²) in [4.78, 5) is 10.1. The van der Waals surface area contributed by atoms with Crippen molar-refractivity contribution in [2.75, 3.05) is 36.0 Å². The highest BCUT2D eigenvalue weighted by Crippen LogP contribution is 2.57. The van der Waals surface area contributed by atoms with Gasteiger partial charge in [-0.05, 0) is 91.6 Å². The molecular weight excluding hydrogens is 566 g/mol.